The first kappa shape index (κ1) is 9.30. The van der Waals surface area contributed by atoms with Crippen molar-refractivity contribution in [2.45, 2.75) is 31.2 Å². The molecule has 0 aliphatic carbocycles. The molecular weight excluding hydrogens is 162 g/mol. The zero-order chi connectivity index (χ0) is 7.03. The van der Waals surface area contributed by atoms with Gasteiger partial charge in [0.2, 0.25) is 0 Å². The molecule has 2 saturated heterocycles. The molecule has 0 aromatic carbocycles. The molecule has 0 radical (unpaired) electrons. The van der Waals surface area contributed by atoms with Crippen LogP contribution in [0.15, 0.2) is 0 Å². The van der Waals surface area contributed by atoms with Crippen molar-refractivity contribution in [1.82, 2.24) is 4.90 Å². The second kappa shape index (κ2) is 3.30. The monoisotopic (exact) mass is 177 g/mol. The van der Waals surface area contributed by atoms with E-state index >= 15 is 0 Å². The molecule has 0 bridgehead atoms. The minimum absolute atomic E-state index is 0. The van der Waals surface area contributed by atoms with Gasteiger partial charge >= 0.3 is 0 Å². The molecule has 2 nitrogen and oxygen atoms in total. The van der Waals surface area contributed by atoms with Crippen LogP contribution in [-0.4, -0.2) is 35.2 Å². The summed E-state index contributed by atoms with van der Waals surface area (Å²) in [5, 5.41) is 9.19. The van der Waals surface area contributed by atoms with E-state index in [-0.39, 0.29) is 17.9 Å². The average molecular weight is 178 g/mol. The van der Waals surface area contributed by atoms with E-state index in [9.17, 15) is 5.11 Å². The molecule has 3 heteroatoms. The Labute approximate surface area is 74.0 Å². The van der Waals surface area contributed by atoms with E-state index in [2.05, 4.69) is 4.90 Å². The average Bonchev–Trinajstić information content (AvgIpc) is 2.42. The van der Waals surface area contributed by atoms with Crippen LogP contribution >= 0.6 is 12.4 Å². The highest BCUT2D eigenvalue weighted by Crippen LogP contribution is 2.37. The molecule has 2 heterocycles. The molecule has 2 fully saturated rings. The molecule has 0 aromatic heterocycles. The maximum atomic E-state index is 9.19. The molecule has 2 aliphatic heterocycles. The van der Waals surface area contributed by atoms with Gasteiger partial charge in [-0.3, -0.25) is 4.90 Å². The SMILES string of the molecule is Cl.OCC12CCCN1CCC2. The third kappa shape index (κ3) is 1.28. The predicted octanol–water partition coefficient (Wildman–Crippen LogP) is 1.03. The van der Waals surface area contributed by atoms with Gasteiger partial charge in [-0.1, -0.05) is 0 Å². The van der Waals surface area contributed by atoms with E-state index in [1.54, 1.807) is 0 Å². The van der Waals surface area contributed by atoms with Gasteiger partial charge in [0.15, 0.2) is 0 Å². The normalized spacial score (nSPS) is 28.1. The standard InChI is InChI=1S/C8H15NO.ClH/c10-7-8-3-1-5-9(8)6-2-4-8;/h10H,1-7H2;1H. The first-order valence-corrected chi connectivity index (χ1v) is 4.23. The number of aliphatic hydroxyl groups is 1. The fraction of sp³-hybridized carbons (Fsp3) is 1.00. The number of aliphatic hydroxyl groups excluding tert-OH is 1. The summed E-state index contributed by atoms with van der Waals surface area (Å²) in [7, 11) is 0. The van der Waals surface area contributed by atoms with Crippen molar-refractivity contribution in [3.8, 4) is 0 Å². The summed E-state index contributed by atoms with van der Waals surface area (Å²) in [6.45, 7) is 2.83. The Morgan fingerprint density at radius 3 is 2.09 bits per heavy atom. The Morgan fingerprint density at radius 2 is 1.73 bits per heavy atom. The highest BCUT2D eigenvalue weighted by Gasteiger charge is 2.43. The Kier molecular flexibility index (Phi) is 2.79. The number of hydrogen-bond acceptors (Lipinski definition) is 2. The Balaban J connectivity index is 0.000000605. The Hall–Kier alpha value is 0.210. The van der Waals surface area contributed by atoms with E-state index in [1.807, 2.05) is 0 Å². The third-order valence-electron chi connectivity index (χ3n) is 3.11. The molecule has 0 saturated carbocycles. The summed E-state index contributed by atoms with van der Waals surface area (Å²) in [4.78, 5) is 2.47. The van der Waals surface area contributed by atoms with E-state index < -0.39 is 0 Å². The molecule has 0 spiro atoms. The number of fused-ring (bicyclic) bond motifs is 1. The molecule has 0 atom stereocenters. The summed E-state index contributed by atoms with van der Waals surface area (Å²) >= 11 is 0. The molecule has 2 aliphatic rings. The zero-order valence-electron chi connectivity index (χ0n) is 6.75. The zero-order valence-corrected chi connectivity index (χ0v) is 7.57. The van der Waals surface area contributed by atoms with Gasteiger partial charge in [-0.05, 0) is 38.8 Å². The summed E-state index contributed by atoms with van der Waals surface area (Å²) in [5.41, 5.74) is 0.236. The van der Waals surface area contributed by atoms with E-state index in [0.29, 0.717) is 6.61 Å². The smallest absolute Gasteiger partial charge is 0.0615 e. The van der Waals surface area contributed by atoms with Gasteiger partial charge in [0, 0.05) is 5.54 Å². The topological polar surface area (TPSA) is 23.5 Å². The number of hydrogen-bond donors (Lipinski definition) is 1. The van der Waals surface area contributed by atoms with Crippen molar-refractivity contribution in [1.29, 1.82) is 0 Å². The largest absolute Gasteiger partial charge is 0.394 e. The van der Waals surface area contributed by atoms with Crippen molar-refractivity contribution >= 4 is 12.4 Å². The fourth-order valence-corrected chi connectivity index (χ4v) is 2.48. The first-order valence-electron chi connectivity index (χ1n) is 4.23. The van der Waals surface area contributed by atoms with Gasteiger partial charge in [-0.25, -0.2) is 0 Å². The van der Waals surface area contributed by atoms with Crippen LogP contribution in [0.4, 0.5) is 0 Å². The van der Waals surface area contributed by atoms with Crippen molar-refractivity contribution in [2.24, 2.45) is 0 Å². The molecule has 1 N–H and O–H groups in total. The molecule has 11 heavy (non-hydrogen) atoms. The van der Waals surface area contributed by atoms with Crippen molar-refractivity contribution in [3.05, 3.63) is 0 Å². The summed E-state index contributed by atoms with van der Waals surface area (Å²) in [5.74, 6) is 0. The van der Waals surface area contributed by atoms with Crippen LogP contribution in [0.25, 0.3) is 0 Å². The second-order valence-electron chi connectivity index (χ2n) is 3.58. The van der Waals surface area contributed by atoms with Crippen molar-refractivity contribution in [2.75, 3.05) is 19.7 Å². The minimum Gasteiger partial charge on any atom is -0.394 e. The molecular formula is C8H16ClNO. The lowest BCUT2D eigenvalue weighted by molar-refractivity contribution is 0.0999. The molecule has 0 amide bonds. The van der Waals surface area contributed by atoms with E-state index in [0.717, 1.165) is 0 Å². The van der Waals surface area contributed by atoms with Gasteiger partial charge in [0.25, 0.3) is 0 Å². The highest BCUT2D eigenvalue weighted by atomic mass is 35.5. The molecule has 0 unspecified atom stereocenters. The summed E-state index contributed by atoms with van der Waals surface area (Å²) in [6.07, 6.45) is 5.04. The Morgan fingerprint density at radius 1 is 1.18 bits per heavy atom. The summed E-state index contributed by atoms with van der Waals surface area (Å²) < 4.78 is 0. The van der Waals surface area contributed by atoms with Gasteiger partial charge in [-0.15, -0.1) is 12.4 Å². The van der Waals surface area contributed by atoms with Crippen LogP contribution < -0.4 is 0 Å². The lowest BCUT2D eigenvalue weighted by Gasteiger charge is -2.29. The molecule has 66 valence electrons. The number of rotatable bonds is 1. The van der Waals surface area contributed by atoms with Crippen LogP contribution in [0.3, 0.4) is 0 Å². The highest BCUT2D eigenvalue weighted by molar-refractivity contribution is 5.85. The second-order valence-corrected chi connectivity index (χ2v) is 3.58. The minimum atomic E-state index is 0. The maximum Gasteiger partial charge on any atom is 0.0615 e. The Bertz CT molecular complexity index is 130. The summed E-state index contributed by atoms with van der Waals surface area (Å²) in [6, 6.07) is 0. The van der Waals surface area contributed by atoms with Gasteiger partial charge in [-0.2, -0.15) is 0 Å². The van der Waals surface area contributed by atoms with Crippen LogP contribution in [-0.2, 0) is 0 Å². The lowest BCUT2D eigenvalue weighted by Crippen LogP contribution is -2.41. The van der Waals surface area contributed by atoms with E-state index in [4.69, 9.17) is 0 Å². The lowest BCUT2D eigenvalue weighted by atomic mass is 9.96. The predicted molar refractivity (Wildman–Crippen MR) is 47.1 cm³/mol. The van der Waals surface area contributed by atoms with Crippen molar-refractivity contribution in [3.63, 3.8) is 0 Å². The van der Waals surface area contributed by atoms with Crippen LogP contribution in [0, 0.1) is 0 Å². The van der Waals surface area contributed by atoms with Gasteiger partial charge in [0.1, 0.15) is 0 Å². The first-order chi connectivity index (χ1) is 4.87. The quantitative estimate of drug-likeness (QED) is 0.647. The van der Waals surface area contributed by atoms with Crippen LogP contribution in [0.1, 0.15) is 25.7 Å². The fourth-order valence-electron chi connectivity index (χ4n) is 2.48. The molecule has 2 rings (SSSR count). The van der Waals surface area contributed by atoms with Crippen LogP contribution in [0.5, 0.6) is 0 Å². The van der Waals surface area contributed by atoms with Crippen LogP contribution in [0.2, 0.25) is 0 Å². The third-order valence-corrected chi connectivity index (χ3v) is 3.11. The maximum absolute atomic E-state index is 9.19. The molecule has 0 aromatic rings. The number of halogens is 1. The van der Waals surface area contributed by atoms with E-state index in [1.165, 1.54) is 38.8 Å². The number of nitrogens with zero attached hydrogens (tertiary/aromatic N) is 1. The van der Waals surface area contributed by atoms with Gasteiger partial charge < -0.3 is 5.11 Å². The van der Waals surface area contributed by atoms with Crippen molar-refractivity contribution < 1.29 is 5.11 Å². The van der Waals surface area contributed by atoms with Gasteiger partial charge in [0.05, 0.1) is 6.61 Å².